The van der Waals surface area contributed by atoms with Crippen LogP contribution in [0.25, 0.3) is 15.9 Å². The fourth-order valence-electron chi connectivity index (χ4n) is 4.14. The van der Waals surface area contributed by atoms with Gasteiger partial charge in [-0.3, -0.25) is 0 Å². The first-order valence-electron chi connectivity index (χ1n) is 9.56. The summed E-state index contributed by atoms with van der Waals surface area (Å²) in [4.78, 5) is 8.61. The number of thiophene rings is 1. The van der Waals surface area contributed by atoms with E-state index in [9.17, 15) is 0 Å². The van der Waals surface area contributed by atoms with Crippen molar-refractivity contribution < 1.29 is 4.74 Å². The highest BCUT2D eigenvalue weighted by molar-refractivity contribution is 7.16. The number of likely N-dealkylation sites (tertiary alicyclic amines) is 1. The molecule has 3 aromatic heterocycles. The molecule has 5 rings (SSSR count). The highest BCUT2D eigenvalue weighted by Gasteiger charge is 2.25. The molecule has 5 heteroatoms. The van der Waals surface area contributed by atoms with Crippen molar-refractivity contribution in [1.29, 1.82) is 0 Å². The molecule has 1 aliphatic carbocycles. The number of rotatable bonds is 5. The molecule has 0 unspecified atom stereocenters. The van der Waals surface area contributed by atoms with E-state index in [0.29, 0.717) is 5.92 Å². The molecule has 0 N–H and O–H groups in total. The Labute approximate surface area is 152 Å². The fraction of sp³-hybridized carbons (Fsp3) is 0.550. The molecule has 25 heavy (non-hydrogen) atoms. The normalized spacial score (nSPS) is 20.3. The monoisotopic (exact) mass is 355 g/mol. The van der Waals surface area contributed by atoms with Gasteiger partial charge in [0.25, 0.3) is 0 Å². The predicted molar refractivity (Wildman–Crippen MR) is 103 cm³/mol. The van der Waals surface area contributed by atoms with Crippen LogP contribution in [0.1, 0.15) is 32.1 Å². The minimum atomic E-state index is 0.660. The van der Waals surface area contributed by atoms with E-state index in [4.69, 9.17) is 9.72 Å². The van der Waals surface area contributed by atoms with Crippen molar-refractivity contribution in [2.45, 2.75) is 32.1 Å². The van der Waals surface area contributed by atoms with Gasteiger partial charge < -0.3 is 14.0 Å². The van der Waals surface area contributed by atoms with E-state index in [-0.39, 0.29) is 0 Å². The Morgan fingerprint density at radius 3 is 2.80 bits per heavy atom. The fourth-order valence-corrected chi connectivity index (χ4v) is 4.97. The number of aromatic nitrogens is 2. The third-order valence-corrected chi connectivity index (χ3v) is 6.84. The van der Waals surface area contributed by atoms with E-state index in [1.807, 2.05) is 0 Å². The van der Waals surface area contributed by atoms with Crippen molar-refractivity contribution in [2.75, 3.05) is 26.2 Å². The van der Waals surface area contributed by atoms with Gasteiger partial charge in [-0.15, -0.1) is 11.3 Å². The van der Waals surface area contributed by atoms with E-state index in [2.05, 4.69) is 39.1 Å². The average molecular weight is 356 g/mol. The molecule has 1 saturated heterocycles. The molecule has 4 nitrogen and oxygen atoms in total. The maximum absolute atomic E-state index is 6.20. The molecule has 0 aromatic carbocycles. The zero-order chi connectivity index (χ0) is 16.6. The van der Waals surface area contributed by atoms with Gasteiger partial charge in [-0.25, -0.2) is 4.98 Å². The second-order valence-corrected chi connectivity index (χ2v) is 8.54. The smallest absolute Gasteiger partial charge is 0.238 e. The van der Waals surface area contributed by atoms with Crippen LogP contribution in [0.3, 0.4) is 0 Å². The lowest BCUT2D eigenvalue weighted by molar-refractivity contribution is 0.109. The number of hydrogen-bond donors (Lipinski definition) is 0. The Morgan fingerprint density at radius 1 is 1.12 bits per heavy atom. The number of piperidine rings is 1. The van der Waals surface area contributed by atoms with Gasteiger partial charge in [0, 0.05) is 12.7 Å². The molecule has 4 heterocycles. The Morgan fingerprint density at radius 2 is 2.00 bits per heavy atom. The zero-order valence-corrected chi connectivity index (χ0v) is 15.4. The van der Waals surface area contributed by atoms with Crippen molar-refractivity contribution in [1.82, 2.24) is 14.3 Å². The quantitative estimate of drug-likeness (QED) is 0.678. The summed E-state index contributed by atoms with van der Waals surface area (Å²) in [5, 5.41) is 2.10. The largest absolute Gasteiger partial charge is 0.476 e. The molecule has 0 bridgehead atoms. The first kappa shape index (κ1) is 15.6. The number of ether oxygens (including phenoxy) is 1. The molecule has 0 amide bonds. The Balaban J connectivity index is 1.22. The van der Waals surface area contributed by atoms with Crippen LogP contribution < -0.4 is 4.74 Å². The molecule has 0 radical (unpaired) electrons. The summed E-state index contributed by atoms with van der Waals surface area (Å²) in [6, 6.07) is 6.25. The second kappa shape index (κ2) is 6.61. The first-order chi connectivity index (χ1) is 12.4. The lowest BCUT2D eigenvalue weighted by Crippen LogP contribution is -2.39. The SMILES string of the molecule is c1cc2c(OCC3CCN(CC4CCC4)CC3)nc3ccsc3n2c1. The summed E-state index contributed by atoms with van der Waals surface area (Å²) in [7, 11) is 0. The lowest BCUT2D eigenvalue weighted by atomic mass is 9.84. The Hall–Kier alpha value is -1.59. The topological polar surface area (TPSA) is 29.8 Å². The van der Waals surface area contributed by atoms with Gasteiger partial charge in [-0.05, 0) is 74.2 Å². The summed E-state index contributed by atoms with van der Waals surface area (Å²) in [6.07, 6.45) is 8.96. The van der Waals surface area contributed by atoms with Crippen LogP contribution in [0.15, 0.2) is 29.8 Å². The van der Waals surface area contributed by atoms with Gasteiger partial charge in [-0.2, -0.15) is 0 Å². The average Bonchev–Trinajstić information content (AvgIpc) is 3.25. The van der Waals surface area contributed by atoms with Crippen molar-refractivity contribution in [3.8, 4) is 5.88 Å². The van der Waals surface area contributed by atoms with Crippen molar-refractivity contribution in [2.24, 2.45) is 11.8 Å². The molecule has 2 fully saturated rings. The molecular formula is C20H25N3OS. The third kappa shape index (κ3) is 3.04. The Bertz CT molecular complexity index is 858. The minimum absolute atomic E-state index is 0.660. The summed E-state index contributed by atoms with van der Waals surface area (Å²) in [6.45, 7) is 4.60. The van der Waals surface area contributed by atoms with Gasteiger partial charge in [0.1, 0.15) is 15.9 Å². The Kier molecular flexibility index (Phi) is 4.14. The van der Waals surface area contributed by atoms with E-state index in [0.717, 1.165) is 29.4 Å². The second-order valence-electron chi connectivity index (χ2n) is 7.64. The predicted octanol–water partition coefficient (Wildman–Crippen LogP) is 4.44. The van der Waals surface area contributed by atoms with Gasteiger partial charge >= 0.3 is 0 Å². The van der Waals surface area contributed by atoms with E-state index in [1.165, 1.54) is 56.6 Å². The summed E-state index contributed by atoms with van der Waals surface area (Å²) in [5.74, 6) is 2.43. The van der Waals surface area contributed by atoms with Crippen LogP contribution in [0, 0.1) is 11.8 Å². The molecule has 2 aliphatic rings. The number of hydrogen-bond acceptors (Lipinski definition) is 4. The molecule has 0 spiro atoms. The van der Waals surface area contributed by atoms with Gasteiger partial charge in [0.2, 0.25) is 5.88 Å². The lowest BCUT2D eigenvalue weighted by Gasteiger charge is -2.36. The maximum atomic E-state index is 6.20. The molecule has 132 valence electrons. The van der Waals surface area contributed by atoms with Crippen LogP contribution in [0.2, 0.25) is 0 Å². The summed E-state index contributed by atoms with van der Waals surface area (Å²) >= 11 is 1.73. The van der Waals surface area contributed by atoms with E-state index < -0.39 is 0 Å². The molecule has 1 aliphatic heterocycles. The highest BCUT2D eigenvalue weighted by Crippen LogP contribution is 2.30. The third-order valence-electron chi connectivity index (χ3n) is 5.94. The molecule has 3 aromatic rings. The van der Waals surface area contributed by atoms with E-state index in [1.54, 1.807) is 11.3 Å². The minimum Gasteiger partial charge on any atom is -0.476 e. The molecule has 1 saturated carbocycles. The summed E-state index contributed by atoms with van der Waals surface area (Å²) in [5.41, 5.74) is 2.11. The van der Waals surface area contributed by atoms with Crippen LogP contribution in [-0.4, -0.2) is 40.5 Å². The van der Waals surface area contributed by atoms with Gasteiger partial charge in [0.15, 0.2) is 0 Å². The van der Waals surface area contributed by atoms with Crippen LogP contribution in [0.4, 0.5) is 0 Å². The van der Waals surface area contributed by atoms with Gasteiger partial charge in [-0.1, -0.05) is 6.42 Å². The summed E-state index contributed by atoms with van der Waals surface area (Å²) < 4.78 is 8.40. The van der Waals surface area contributed by atoms with E-state index >= 15 is 0 Å². The maximum Gasteiger partial charge on any atom is 0.238 e. The van der Waals surface area contributed by atoms with Crippen molar-refractivity contribution in [3.05, 3.63) is 29.8 Å². The zero-order valence-electron chi connectivity index (χ0n) is 14.6. The number of fused-ring (bicyclic) bond motifs is 3. The number of nitrogens with zero attached hydrogens (tertiary/aromatic N) is 3. The first-order valence-corrected chi connectivity index (χ1v) is 10.4. The van der Waals surface area contributed by atoms with Gasteiger partial charge in [0.05, 0.1) is 6.61 Å². The molecule has 0 atom stereocenters. The van der Waals surface area contributed by atoms with Crippen molar-refractivity contribution >= 4 is 27.2 Å². The van der Waals surface area contributed by atoms with Crippen LogP contribution in [0.5, 0.6) is 5.88 Å². The van der Waals surface area contributed by atoms with Crippen LogP contribution in [-0.2, 0) is 0 Å². The standard InChI is InChI=1S/C20H25N3OS/c1-3-15(4-1)13-22-10-6-16(7-11-22)14-24-19-18-5-2-9-23(18)20-17(21-19)8-12-25-20/h2,5,8-9,12,15-16H,1,3-4,6-7,10-11,13-14H2. The van der Waals surface area contributed by atoms with Crippen molar-refractivity contribution in [3.63, 3.8) is 0 Å². The molecular weight excluding hydrogens is 330 g/mol. The van der Waals surface area contributed by atoms with Crippen LogP contribution >= 0.6 is 11.3 Å². The highest BCUT2D eigenvalue weighted by atomic mass is 32.1.